The zero-order valence-electron chi connectivity index (χ0n) is 15.8. The monoisotopic (exact) mass is 452 g/mol. The van der Waals surface area contributed by atoms with Crippen molar-refractivity contribution in [2.75, 3.05) is 18.9 Å². The molecule has 148 valence electrons. The number of nitrogens with two attached hydrogens (primary N) is 1. The van der Waals surface area contributed by atoms with Gasteiger partial charge in [-0.1, -0.05) is 18.2 Å². The molecule has 0 unspecified atom stereocenters. The van der Waals surface area contributed by atoms with E-state index in [9.17, 15) is 0 Å². The predicted octanol–water partition coefficient (Wildman–Crippen LogP) is 3.56. The van der Waals surface area contributed by atoms with Gasteiger partial charge in [-0.05, 0) is 40.9 Å². The molecule has 8 heteroatoms. The average Bonchev–Trinajstić information content (AvgIpc) is 3.19. The Labute approximate surface area is 176 Å². The molecule has 4 heterocycles. The lowest BCUT2D eigenvalue weighted by Crippen LogP contribution is -2.34. The van der Waals surface area contributed by atoms with Gasteiger partial charge in [-0.3, -0.25) is 4.98 Å². The van der Waals surface area contributed by atoms with Crippen LogP contribution in [-0.4, -0.2) is 38.8 Å². The molecule has 0 spiro atoms. The van der Waals surface area contributed by atoms with Crippen molar-refractivity contribution in [3.05, 3.63) is 52.9 Å². The van der Waals surface area contributed by atoms with Gasteiger partial charge < -0.3 is 15.8 Å². The third kappa shape index (κ3) is 3.48. The van der Waals surface area contributed by atoms with Crippen LogP contribution in [0.4, 0.5) is 5.82 Å². The number of benzene rings is 1. The summed E-state index contributed by atoms with van der Waals surface area (Å²) < 4.78 is 7.88. The van der Waals surface area contributed by atoms with Crippen molar-refractivity contribution in [2.24, 2.45) is 0 Å². The summed E-state index contributed by atoms with van der Waals surface area (Å²) in [5, 5.41) is 9.12. The fourth-order valence-corrected chi connectivity index (χ4v) is 4.12. The summed E-state index contributed by atoms with van der Waals surface area (Å²) >= 11 is 3.60. The van der Waals surface area contributed by atoms with E-state index in [1.54, 1.807) is 10.7 Å². The van der Waals surface area contributed by atoms with E-state index in [0.717, 1.165) is 63.9 Å². The Morgan fingerprint density at radius 2 is 2.03 bits per heavy atom. The number of aromatic nitrogens is 4. The van der Waals surface area contributed by atoms with Crippen molar-refractivity contribution < 1.29 is 4.74 Å². The molecule has 0 bridgehead atoms. The van der Waals surface area contributed by atoms with Crippen molar-refractivity contribution >= 4 is 38.3 Å². The molecule has 0 saturated carbocycles. The number of anilines is 1. The molecule has 7 nitrogen and oxygen atoms in total. The smallest absolute Gasteiger partial charge is 0.165 e. The topological polar surface area (TPSA) is 90.4 Å². The lowest BCUT2D eigenvalue weighted by atomic mass is 10.1. The number of hydrogen-bond donors (Lipinski definition) is 2. The van der Waals surface area contributed by atoms with E-state index >= 15 is 0 Å². The number of nitrogens with one attached hydrogen (secondary N) is 1. The van der Waals surface area contributed by atoms with E-state index in [1.807, 2.05) is 24.4 Å². The molecule has 4 aromatic rings. The Morgan fingerprint density at radius 1 is 1.21 bits per heavy atom. The fraction of sp³-hybridized carbons (Fsp3) is 0.286. The van der Waals surface area contributed by atoms with Crippen LogP contribution in [0.15, 0.2) is 47.2 Å². The van der Waals surface area contributed by atoms with Crippen LogP contribution in [0, 0.1) is 0 Å². The molecule has 5 rings (SSSR count). The molecule has 1 aromatic carbocycles. The van der Waals surface area contributed by atoms with Crippen LogP contribution in [0.25, 0.3) is 27.7 Å². The molecule has 3 N–H and O–H groups in total. The van der Waals surface area contributed by atoms with Gasteiger partial charge >= 0.3 is 0 Å². The third-order valence-corrected chi connectivity index (χ3v) is 6.24. The quantitative estimate of drug-likeness (QED) is 0.491. The molecule has 0 atom stereocenters. The normalized spacial score (nSPS) is 15.3. The predicted molar refractivity (Wildman–Crippen MR) is 117 cm³/mol. The Bertz CT molecular complexity index is 1180. The molecule has 1 aliphatic rings. The van der Waals surface area contributed by atoms with Gasteiger partial charge in [0.1, 0.15) is 5.82 Å². The van der Waals surface area contributed by atoms with Crippen LogP contribution in [0.3, 0.4) is 0 Å². The van der Waals surface area contributed by atoms with E-state index in [4.69, 9.17) is 15.5 Å². The van der Waals surface area contributed by atoms with Crippen molar-refractivity contribution in [3.8, 4) is 11.1 Å². The van der Waals surface area contributed by atoms with Crippen LogP contribution in [0.2, 0.25) is 0 Å². The molecule has 1 aliphatic heterocycles. The summed E-state index contributed by atoms with van der Waals surface area (Å²) in [5.74, 6) is 0.541. The molecule has 3 aromatic heterocycles. The molecular weight excluding hydrogens is 432 g/mol. The minimum atomic E-state index is 0.434. The lowest BCUT2D eigenvalue weighted by Gasteiger charge is -2.23. The van der Waals surface area contributed by atoms with E-state index in [0.29, 0.717) is 18.4 Å². The highest BCUT2D eigenvalue weighted by molar-refractivity contribution is 9.10. The van der Waals surface area contributed by atoms with E-state index < -0.39 is 0 Å². The Hall–Kier alpha value is -2.55. The summed E-state index contributed by atoms with van der Waals surface area (Å²) in [6, 6.07) is 10.6. The number of hydrogen-bond acceptors (Lipinski definition) is 6. The first-order valence-electron chi connectivity index (χ1n) is 9.68. The second-order valence-corrected chi connectivity index (χ2v) is 8.03. The number of pyridine rings is 1. The van der Waals surface area contributed by atoms with Crippen molar-refractivity contribution in [1.29, 1.82) is 0 Å². The number of rotatable bonds is 4. The molecule has 1 saturated heterocycles. The van der Waals surface area contributed by atoms with Crippen molar-refractivity contribution in [1.82, 2.24) is 24.9 Å². The van der Waals surface area contributed by atoms with E-state index in [2.05, 4.69) is 43.5 Å². The van der Waals surface area contributed by atoms with Crippen LogP contribution in [0.5, 0.6) is 0 Å². The maximum atomic E-state index is 6.36. The second kappa shape index (κ2) is 7.70. The van der Waals surface area contributed by atoms with Gasteiger partial charge in [-0.25, -0.2) is 4.98 Å². The number of nitrogen functional groups attached to an aromatic ring is 1. The largest absolute Gasteiger partial charge is 0.383 e. The minimum Gasteiger partial charge on any atom is -0.383 e. The number of ether oxygens (including phenoxy) is 1. The highest BCUT2D eigenvalue weighted by Crippen LogP contribution is 2.30. The van der Waals surface area contributed by atoms with Gasteiger partial charge in [0, 0.05) is 48.5 Å². The molecule has 0 aliphatic carbocycles. The molecule has 0 amide bonds. The van der Waals surface area contributed by atoms with Gasteiger partial charge in [0.25, 0.3) is 0 Å². The summed E-state index contributed by atoms with van der Waals surface area (Å²) in [5.41, 5.74) is 10.8. The summed E-state index contributed by atoms with van der Waals surface area (Å²) in [7, 11) is 0. The third-order valence-electron chi connectivity index (χ3n) is 5.37. The minimum absolute atomic E-state index is 0.434. The highest BCUT2D eigenvalue weighted by atomic mass is 79.9. The Kier molecular flexibility index (Phi) is 4.91. The van der Waals surface area contributed by atoms with Gasteiger partial charge in [0.15, 0.2) is 5.65 Å². The summed E-state index contributed by atoms with van der Waals surface area (Å²) in [6.45, 7) is 2.23. The average molecular weight is 453 g/mol. The van der Waals surface area contributed by atoms with Crippen LogP contribution in [-0.2, 0) is 11.3 Å². The van der Waals surface area contributed by atoms with E-state index in [1.165, 1.54) is 0 Å². The van der Waals surface area contributed by atoms with E-state index in [-0.39, 0.29) is 0 Å². The first-order chi connectivity index (χ1) is 14.2. The fourth-order valence-electron chi connectivity index (χ4n) is 3.73. The molecule has 29 heavy (non-hydrogen) atoms. The number of halogens is 1. The highest BCUT2D eigenvalue weighted by Gasteiger charge is 2.18. The first-order valence-corrected chi connectivity index (χ1v) is 10.5. The first kappa shape index (κ1) is 18.5. The molecular formula is C21H21BrN6O. The van der Waals surface area contributed by atoms with Crippen molar-refractivity contribution in [3.63, 3.8) is 0 Å². The van der Waals surface area contributed by atoms with Gasteiger partial charge in [0.2, 0.25) is 0 Å². The van der Waals surface area contributed by atoms with Crippen LogP contribution in [0.1, 0.15) is 18.5 Å². The Morgan fingerprint density at radius 3 is 2.90 bits per heavy atom. The molecule has 0 radical (unpaired) electrons. The molecule has 1 fully saturated rings. The van der Waals surface area contributed by atoms with Gasteiger partial charge in [-0.15, -0.1) is 0 Å². The van der Waals surface area contributed by atoms with Gasteiger partial charge in [0.05, 0.1) is 21.9 Å². The maximum Gasteiger partial charge on any atom is 0.165 e. The lowest BCUT2D eigenvalue weighted by molar-refractivity contribution is 0.0775. The summed E-state index contributed by atoms with van der Waals surface area (Å²) in [4.78, 5) is 9.46. The van der Waals surface area contributed by atoms with Crippen LogP contribution >= 0.6 is 15.9 Å². The number of fused-ring (bicyclic) bond motifs is 2. The summed E-state index contributed by atoms with van der Waals surface area (Å²) in [6.07, 6.45) is 5.68. The second-order valence-electron chi connectivity index (χ2n) is 7.24. The number of nitrogens with zero attached hydrogens (tertiary/aromatic N) is 4. The number of para-hydroxylation sites is 1. The maximum absolute atomic E-state index is 6.36. The van der Waals surface area contributed by atoms with Crippen molar-refractivity contribution in [2.45, 2.75) is 25.4 Å². The zero-order valence-corrected chi connectivity index (χ0v) is 17.4. The Balaban J connectivity index is 1.53. The van der Waals surface area contributed by atoms with Gasteiger partial charge in [-0.2, -0.15) is 9.61 Å². The van der Waals surface area contributed by atoms with Crippen LogP contribution < -0.4 is 11.1 Å². The standard InChI is InChI=1S/C21H21BrN6O/c22-19-18(12-24-15-5-7-29-8-6-15)27-21-16(11-26-28(21)20(19)23)14-9-13-3-1-2-4-17(13)25-10-14/h1-4,9-11,15,24H,5-8,12,23H2. The SMILES string of the molecule is Nc1c(Br)c(CNC2CCOCC2)nc2c(-c3cnc4ccccc4c3)cnn12. The zero-order chi connectivity index (χ0) is 19.8.